The first-order valence-electron chi connectivity index (χ1n) is 4.09. The number of ether oxygens (including phenoxy) is 1. The number of halogens is 2. The van der Waals surface area contributed by atoms with E-state index in [1.807, 2.05) is 0 Å². The molecule has 0 spiro atoms. The van der Waals surface area contributed by atoms with Crippen LogP contribution in [0.15, 0.2) is 12.3 Å². The number of rotatable bonds is 3. The van der Waals surface area contributed by atoms with Gasteiger partial charge in [-0.3, -0.25) is 4.79 Å². The van der Waals surface area contributed by atoms with Crippen LogP contribution >= 0.6 is 0 Å². The summed E-state index contributed by atoms with van der Waals surface area (Å²) in [7, 11) is 0. The third-order valence-corrected chi connectivity index (χ3v) is 1.51. The molecule has 1 heterocycles. The van der Waals surface area contributed by atoms with Gasteiger partial charge in [-0.2, -0.15) is 4.39 Å². The molecule has 0 saturated heterocycles. The van der Waals surface area contributed by atoms with Crippen molar-refractivity contribution in [1.29, 1.82) is 0 Å². The molecule has 0 bridgehead atoms. The number of carbonyl (C=O) groups is 1. The summed E-state index contributed by atoms with van der Waals surface area (Å²) in [5.41, 5.74) is 0.294. The van der Waals surface area contributed by atoms with Gasteiger partial charge < -0.3 is 4.74 Å². The number of esters is 1. The van der Waals surface area contributed by atoms with Crippen LogP contribution in [0.4, 0.5) is 8.78 Å². The van der Waals surface area contributed by atoms with Gasteiger partial charge in [-0.1, -0.05) is 0 Å². The van der Waals surface area contributed by atoms with Crippen LogP contribution in [0.25, 0.3) is 0 Å². The lowest BCUT2D eigenvalue weighted by molar-refractivity contribution is -0.142. The SMILES string of the molecule is CCOC(=O)Cc1cnc(F)c(F)c1. The molecule has 0 aliphatic carbocycles. The Morgan fingerprint density at radius 1 is 1.57 bits per heavy atom. The highest BCUT2D eigenvalue weighted by atomic mass is 19.2. The Bertz CT molecular complexity index is 342. The second-order valence-corrected chi connectivity index (χ2v) is 2.60. The normalized spacial score (nSPS) is 9.93. The summed E-state index contributed by atoms with van der Waals surface area (Å²) in [6, 6.07) is 0.930. The summed E-state index contributed by atoms with van der Waals surface area (Å²) in [6.07, 6.45) is 1.01. The molecule has 0 aromatic carbocycles. The zero-order valence-corrected chi connectivity index (χ0v) is 7.59. The zero-order chi connectivity index (χ0) is 10.6. The summed E-state index contributed by atoms with van der Waals surface area (Å²) in [5, 5.41) is 0. The number of aromatic nitrogens is 1. The molecule has 0 aliphatic rings. The van der Waals surface area contributed by atoms with E-state index < -0.39 is 17.7 Å². The number of hydrogen-bond donors (Lipinski definition) is 0. The molecule has 0 atom stereocenters. The lowest BCUT2D eigenvalue weighted by Crippen LogP contribution is -2.08. The Labute approximate surface area is 79.7 Å². The van der Waals surface area contributed by atoms with E-state index >= 15 is 0 Å². The average Bonchev–Trinajstić information content (AvgIpc) is 2.12. The van der Waals surface area contributed by atoms with Crippen molar-refractivity contribution < 1.29 is 18.3 Å². The summed E-state index contributed by atoms with van der Waals surface area (Å²) in [5.74, 6) is -2.72. The fourth-order valence-corrected chi connectivity index (χ4v) is 0.936. The van der Waals surface area contributed by atoms with Crippen LogP contribution in [-0.2, 0) is 16.0 Å². The van der Waals surface area contributed by atoms with E-state index in [0.29, 0.717) is 5.56 Å². The molecule has 0 aliphatic heterocycles. The van der Waals surface area contributed by atoms with Gasteiger partial charge in [0.05, 0.1) is 13.0 Å². The van der Waals surface area contributed by atoms with Gasteiger partial charge in [-0.15, -0.1) is 0 Å². The van der Waals surface area contributed by atoms with Crippen LogP contribution in [0, 0.1) is 11.8 Å². The quantitative estimate of drug-likeness (QED) is 0.549. The smallest absolute Gasteiger partial charge is 0.310 e. The van der Waals surface area contributed by atoms with Crippen molar-refractivity contribution in [3.05, 3.63) is 29.6 Å². The molecule has 1 aromatic heterocycles. The van der Waals surface area contributed by atoms with E-state index in [1.165, 1.54) is 0 Å². The molecule has 14 heavy (non-hydrogen) atoms. The van der Waals surface area contributed by atoms with Crippen molar-refractivity contribution in [2.75, 3.05) is 6.61 Å². The number of carbonyl (C=O) groups excluding carboxylic acids is 1. The molecule has 5 heteroatoms. The Balaban J connectivity index is 2.68. The molecule has 1 aromatic rings. The highest BCUT2D eigenvalue weighted by Crippen LogP contribution is 2.06. The predicted molar refractivity (Wildman–Crippen MR) is 44.5 cm³/mol. The second-order valence-electron chi connectivity index (χ2n) is 2.60. The first kappa shape index (κ1) is 10.6. The van der Waals surface area contributed by atoms with Gasteiger partial charge in [0.1, 0.15) is 0 Å². The minimum Gasteiger partial charge on any atom is -0.466 e. The molecule has 0 radical (unpaired) electrons. The van der Waals surface area contributed by atoms with Gasteiger partial charge >= 0.3 is 5.97 Å². The minimum atomic E-state index is -1.17. The Morgan fingerprint density at radius 3 is 2.86 bits per heavy atom. The number of hydrogen-bond acceptors (Lipinski definition) is 3. The molecule has 76 valence electrons. The molecule has 0 N–H and O–H groups in total. The van der Waals surface area contributed by atoms with E-state index in [9.17, 15) is 13.6 Å². The van der Waals surface area contributed by atoms with E-state index in [2.05, 4.69) is 9.72 Å². The maximum atomic E-state index is 12.6. The topological polar surface area (TPSA) is 39.2 Å². The van der Waals surface area contributed by atoms with E-state index in [1.54, 1.807) is 6.92 Å². The molecule has 0 saturated carbocycles. The first-order valence-corrected chi connectivity index (χ1v) is 4.09. The van der Waals surface area contributed by atoms with Gasteiger partial charge in [0.25, 0.3) is 0 Å². The lowest BCUT2D eigenvalue weighted by Gasteiger charge is -2.01. The number of pyridine rings is 1. The second kappa shape index (κ2) is 4.64. The Kier molecular flexibility index (Phi) is 3.50. The standard InChI is InChI=1S/C9H9F2NO2/c1-2-14-8(13)4-6-3-7(10)9(11)12-5-6/h3,5H,2,4H2,1H3. The fourth-order valence-electron chi connectivity index (χ4n) is 0.936. The summed E-state index contributed by atoms with van der Waals surface area (Å²) in [4.78, 5) is 14.1. The Morgan fingerprint density at radius 2 is 2.29 bits per heavy atom. The van der Waals surface area contributed by atoms with Crippen LogP contribution in [0.5, 0.6) is 0 Å². The molecule has 1 rings (SSSR count). The van der Waals surface area contributed by atoms with Crippen LogP contribution in [-0.4, -0.2) is 17.6 Å². The molecule has 0 amide bonds. The summed E-state index contributed by atoms with van der Waals surface area (Å²) in [6.45, 7) is 1.93. The molecular formula is C9H9F2NO2. The van der Waals surface area contributed by atoms with Crippen molar-refractivity contribution in [3.8, 4) is 0 Å². The molecule has 3 nitrogen and oxygen atoms in total. The monoisotopic (exact) mass is 201 g/mol. The third-order valence-electron chi connectivity index (χ3n) is 1.51. The van der Waals surface area contributed by atoms with Crippen LogP contribution < -0.4 is 0 Å². The van der Waals surface area contributed by atoms with Crippen molar-refractivity contribution in [2.45, 2.75) is 13.3 Å². The highest BCUT2D eigenvalue weighted by molar-refractivity contribution is 5.72. The van der Waals surface area contributed by atoms with Gasteiger partial charge in [-0.05, 0) is 18.6 Å². The van der Waals surface area contributed by atoms with Crippen molar-refractivity contribution in [2.24, 2.45) is 0 Å². The van der Waals surface area contributed by atoms with Crippen molar-refractivity contribution in [1.82, 2.24) is 4.98 Å². The predicted octanol–water partition coefficient (Wildman–Crippen LogP) is 1.47. The van der Waals surface area contributed by atoms with Crippen molar-refractivity contribution >= 4 is 5.97 Å². The van der Waals surface area contributed by atoms with E-state index in [4.69, 9.17) is 0 Å². The fraction of sp³-hybridized carbons (Fsp3) is 0.333. The van der Waals surface area contributed by atoms with E-state index in [-0.39, 0.29) is 13.0 Å². The highest BCUT2D eigenvalue weighted by Gasteiger charge is 2.08. The summed E-state index contributed by atoms with van der Waals surface area (Å²) < 4.78 is 29.6. The maximum absolute atomic E-state index is 12.6. The summed E-state index contributed by atoms with van der Waals surface area (Å²) >= 11 is 0. The van der Waals surface area contributed by atoms with E-state index in [0.717, 1.165) is 12.3 Å². The molecular weight excluding hydrogens is 192 g/mol. The van der Waals surface area contributed by atoms with Gasteiger partial charge in [0, 0.05) is 6.20 Å². The third kappa shape index (κ3) is 2.76. The minimum absolute atomic E-state index is 0.0992. The number of nitrogens with zero attached hydrogens (tertiary/aromatic N) is 1. The van der Waals surface area contributed by atoms with Crippen LogP contribution in [0.1, 0.15) is 12.5 Å². The lowest BCUT2D eigenvalue weighted by atomic mass is 10.2. The zero-order valence-electron chi connectivity index (χ0n) is 7.59. The van der Waals surface area contributed by atoms with Crippen LogP contribution in [0.3, 0.4) is 0 Å². The van der Waals surface area contributed by atoms with Gasteiger partial charge in [-0.25, -0.2) is 9.37 Å². The first-order chi connectivity index (χ1) is 6.63. The molecule has 0 unspecified atom stereocenters. The van der Waals surface area contributed by atoms with Gasteiger partial charge in [0.2, 0.25) is 5.95 Å². The average molecular weight is 201 g/mol. The maximum Gasteiger partial charge on any atom is 0.310 e. The van der Waals surface area contributed by atoms with Gasteiger partial charge in [0.15, 0.2) is 5.82 Å². The van der Waals surface area contributed by atoms with Crippen molar-refractivity contribution in [3.63, 3.8) is 0 Å². The Hall–Kier alpha value is -1.52. The van der Waals surface area contributed by atoms with Crippen LogP contribution in [0.2, 0.25) is 0 Å². The molecule has 0 fully saturated rings. The largest absolute Gasteiger partial charge is 0.466 e.